The Hall–Kier alpha value is -4.57. The number of hydrogen-bond donors (Lipinski definition) is 2. The second kappa shape index (κ2) is 6.75. The van der Waals surface area contributed by atoms with Gasteiger partial charge in [0.2, 0.25) is 17.3 Å². The number of hydrogen-bond acceptors (Lipinski definition) is 7. The summed E-state index contributed by atoms with van der Waals surface area (Å²) in [6.45, 7) is 0.192. The van der Waals surface area contributed by atoms with Crippen LogP contribution >= 0.6 is 0 Å². The average Bonchev–Trinajstić information content (AvgIpc) is 2.96. The first-order chi connectivity index (χ1) is 15.0. The molecule has 1 heterocycles. The van der Waals surface area contributed by atoms with E-state index in [1.54, 1.807) is 41.3 Å². The molecule has 0 radical (unpaired) electrons. The number of ketones is 2. The molecular weight excluding hydrogens is 396 g/mol. The van der Waals surface area contributed by atoms with Crippen molar-refractivity contribution in [2.45, 2.75) is 6.54 Å². The molecule has 0 spiro atoms. The number of nitriles is 1. The number of nitrogens with zero attached hydrogens (tertiary/aromatic N) is 2. The monoisotopic (exact) mass is 410 g/mol. The summed E-state index contributed by atoms with van der Waals surface area (Å²) in [6.07, 6.45) is 0. The summed E-state index contributed by atoms with van der Waals surface area (Å²) in [5.74, 6) is -2.05. The fourth-order valence-corrected chi connectivity index (χ4v) is 3.88. The Bertz CT molecular complexity index is 1370. The van der Waals surface area contributed by atoms with Gasteiger partial charge in [-0.2, -0.15) is 5.26 Å². The Labute approximate surface area is 176 Å². The third-order valence-electron chi connectivity index (χ3n) is 5.32. The summed E-state index contributed by atoms with van der Waals surface area (Å²) in [7, 11) is 0. The van der Waals surface area contributed by atoms with Crippen molar-refractivity contribution in [3.63, 3.8) is 0 Å². The number of phenolic OH excluding ortho intramolecular Hbond substituents is 2. The number of para-hydroxylation sites is 1. The Kier molecular flexibility index (Phi) is 4.02. The van der Waals surface area contributed by atoms with E-state index in [1.165, 1.54) is 0 Å². The molecular formula is C24H14N2O5. The van der Waals surface area contributed by atoms with Crippen LogP contribution in [0.5, 0.6) is 17.2 Å². The van der Waals surface area contributed by atoms with Gasteiger partial charge in [-0.3, -0.25) is 9.59 Å². The van der Waals surface area contributed by atoms with Gasteiger partial charge in [0.25, 0.3) is 0 Å². The molecule has 150 valence electrons. The molecule has 2 aliphatic rings. The van der Waals surface area contributed by atoms with E-state index in [0.29, 0.717) is 17.0 Å². The van der Waals surface area contributed by atoms with Crippen LogP contribution in [0.2, 0.25) is 0 Å². The maximum absolute atomic E-state index is 13.5. The van der Waals surface area contributed by atoms with Gasteiger partial charge in [-0.1, -0.05) is 24.3 Å². The van der Waals surface area contributed by atoms with Gasteiger partial charge in [-0.15, -0.1) is 0 Å². The van der Waals surface area contributed by atoms with Gasteiger partial charge >= 0.3 is 0 Å². The maximum Gasteiger partial charge on any atom is 0.235 e. The Morgan fingerprint density at radius 2 is 1.61 bits per heavy atom. The van der Waals surface area contributed by atoms with Crippen LogP contribution in [0.1, 0.15) is 31.8 Å². The third kappa shape index (κ3) is 2.74. The van der Waals surface area contributed by atoms with E-state index < -0.39 is 23.1 Å². The van der Waals surface area contributed by atoms with Crippen LogP contribution in [0.15, 0.2) is 72.1 Å². The molecule has 0 aromatic heterocycles. The van der Waals surface area contributed by atoms with Gasteiger partial charge in [-0.25, -0.2) is 0 Å². The lowest BCUT2D eigenvalue weighted by molar-refractivity contribution is 0.0931. The third-order valence-corrected chi connectivity index (χ3v) is 5.32. The highest BCUT2D eigenvalue weighted by atomic mass is 16.5. The number of phenols is 2. The van der Waals surface area contributed by atoms with Gasteiger partial charge in [-0.05, 0) is 36.4 Å². The minimum Gasteiger partial charge on any atom is -0.507 e. The number of carbonyl (C=O) groups is 2. The SMILES string of the molecule is N#Cc1cccc(N2Cc3ccccc3OC3=C2C(=O)c2c(O)ccc(O)c2C3=O)c1. The van der Waals surface area contributed by atoms with Crippen molar-refractivity contribution in [2.75, 3.05) is 4.90 Å². The highest BCUT2D eigenvalue weighted by Gasteiger charge is 2.42. The number of carbonyl (C=O) groups excluding carboxylic acids is 2. The van der Waals surface area contributed by atoms with Crippen molar-refractivity contribution in [1.29, 1.82) is 5.26 Å². The van der Waals surface area contributed by atoms with Crippen LogP contribution in [-0.4, -0.2) is 21.8 Å². The highest BCUT2D eigenvalue weighted by molar-refractivity contribution is 6.29. The summed E-state index contributed by atoms with van der Waals surface area (Å²) in [6, 6.07) is 18.1. The number of aromatic hydroxyl groups is 2. The number of ether oxygens (including phenoxy) is 1. The molecule has 0 saturated heterocycles. The molecule has 0 atom stereocenters. The van der Waals surface area contributed by atoms with E-state index >= 15 is 0 Å². The molecule has 1 aliphatic heterocycles. The van der Waals surface area contributed by atoms with E-state index in [1.807, 2.05) is 12.1 Å². The minimum atomic E-state index is -0.712. The molecule has 0 fully saturated rings. The topological polar surface area (TPSA) is 111 Å². The second-order valence-electron chi connectivity index (χ2n) is 7.15. The Morgan fingerprint density at radius 1 is 0.903 bits per heavy atom. The standard InChI is InChI=1S/C24H14N2O5/c25-11-13-4-3-6-15(10-13)26-12-14-5-1-2-7-18(14)31-24-21(26)22(29)19-16(27)8-9-17(28)20(19)23(24)30/h1-10,27-28H,12H2. The fourth-order valence-electron chi connectivity index (χ4n) is 3.88. The van der Waals surface area contributed by atoms with Crippen LogP contribution in [0.4, 0.5) is 5.69 Å². The number of rotatable bonds is 1. The van der Waals surface area contributed by atoms with Crippen LogP contribution < -0.4 is 9.64 Å². The fraction of sp³-hybridized carbons (Fsp3) is 0.0417. The maximum atomic E-state index is 13.5. The molecule has 0 bridgehead atoms. The van der Waals surface area contributed by atoms with E-state index in [4.69, 9.17) is 4.74 Å². The lowest BCUT2D eigenvalue weighted by Gasteiger charge is -2.29. The highest BCUT2D eigenvalue weighted by Crippen LogP contribution is 2.42. The van der Waals surface area contributed by atoms with Gasteiger partial charge in [0.1, 0.15) is 22.9 Å². The lowest BCUT2D eigenvalue weighted by atomic mass is 9.89. The molecule has 3 aromatic rings. The van der Waals surface area contributed by atoms with Crippen LogP contribution in [0, 0.1) is 11.3 Å². The second-order valence-corrected chi connectivity index (χ2v) is 7.15. The van der Waals surface area contributed by atoms with Crippen molar-refractivity contribution in [3.05, 3.63) is 94.4 Å². The first-order valence-corrected chi connectivity index (χ1v) is 9.41. The van der Waals surface area contributed by atoms with E-state index in [0.717, 1.165) is 17.7 Å². The van der Waals surface area contributed by atoms with Crippen molar-refractivity contribution in [2.24, 2.45) is 0 Å². The van der Waals surface area contributed by atoms with Gasteiger partial charge in [0, 0.05) is 11.3 Å². The molecule has 3 aromatic carbocycles. The Balaban J connectivity index is 1.80. The molecule has 2 N–H and O–H groups in total. The zero-order valence-electron chi connectivity index (χ0n) is 16.0. The predicted octanol–water partition coefficient (Wildman–Crippen LogP) is 3.66. The van der Waals surface area contributed by atoms with Crippen LogP contribution in [0.3, 0.4) is 0 Å². The molecule has 7 nitrogen and oxygen atoms in total. The number of allylic oxidation sites excluding steroid dienone is 2. The summed E-state index contributed by atoms with van der Waals surface area (Å²) in [4.78, 5) is 28.5. The van der Waals surface area contributed by atoms with Crippen molar-refractivity contribution in [3.8, 4) is 23.3 Å². The number of Topliss-reactive ketones (excluding diaryl/α,β-unsaturated/α-hetero) is 2. The summed E-state index contributed by atoms with van der Waals surface area (Å²) >= 11 is 0. The molecule has 0 amide bonds. The van der Waals surface area contributed by atoms with Crippen molar-refractivity contribution in [1.82, 2.24) is 0 Å². The van der Waals surface area contributed by atoms with Crippen LogP contribution in [-0.2, 0) is 6.54 Å². The summed E-state index contributed by atoms with van der Waals surface area (Å²) < 4.78 is 5.91. The number of anilines is 1. The minimum absolute atomic E-state index is 0.0651. The first kappa shape index (κ1) is 18.5. The van der Waals surface area contributed by atoms with E-state index in [2.05, 4.69) is 6.07 Å². The van der Waals surface area contributed by atoms with Crippen molar-refractivity contribution < 1.29 is 24.5 Å². The van der Waals surface area contributed by atoms with Gasteiger partial charge in [0.15, 0.2) is 0 Å². The molecule has 31 heavy (non-hydrogen) atoms. The lowest BCUT2D eigenvalue weighted by Crippen LogP contribution is -2.34. The zero-order chi connectivity index (χ0) is 21.7. The smallest absolute Gasteiger partial charge is 0.235 e. The summed E-state index contributed by atoms with van der Waals surface area (Å²) in [5.41, 5.74) is 0.973. The quantitative estimate of drug-likeness (QED) is 0.589. The predicted molar refractivity (Wildman–Crippen MR) is 110 cm³/mol. The number of fused-ring (bicyclic) bond motifs is 2. The average molecular weight is 410 g/mol. The largest absolute Gasteiger partial charge is 0.507 e. The molecule has 0 saturated carbocycles. The van der Waals surface area contributed by atoms with Gasteiger partial charge in [0.05, 0.1) is 29.3 Å². The summed E-state index contributed by atoms with van der Waals surface area (Å²) in [5, 5.41) is 29.9. The van der Waals surface area contributed by atoms with Crippen LogP contribution in [0.25, 0.3) is 0 Å². The molecule has 5 rings (SSSR count). The van der Waals surface area contributed by atoms with Crippen molar-refractivity contribution >= 4 is 17.3 Å². The van der Waals surface area contributed by atoms with Gasteiger partial charge < -0.3 is 19.8 Å². The van der Waals surface area contributed by atoms with E-state index in [9.17, 15) is 25.1 Å². The number of benzene rings is 3. The normalized spacial score (nSPS) is 14.7. The molecule has 1 aliphatic carbocycles. The Morgan fingerprint density at radius 3 is 2.35 bits per heavy atom. The molecule has 7 heteroatoms. The van der Waals surface area contributed by atoms with E-state index in [-0.39, 0.29) is 29.1 Å². The zero-order valence-corrected chi connectivity index (χ0v) is 16.0. The molecule has 0 unspecified atom stereocenters. The first-order valence-electron chi connectivity index (χ1n) is 9.41.